The van der Waals surface area contributed by atoms with Gasteiger partial charge >= 0.3 is 5.97 Å². The van der Waals surface area contributed by atoms with Gasteiger partial charge in [0.15, 0.2) is 6.10 Å². The van der Waals surface area contributed by atoms with Gasteiger partial charge in [0, 0.05) is 10.6 Å². The molecule has 7 heteroatoms. The third-order valence-corrected chi connectivity index (χ3v) is 4.86. The number of rotatable bonds is 5. The van der Waals surface area contributed by atoms with Crippen molar-refractivity contribution in [3.63, 3.8) is 0 Å². The summed E-state index contributed by atoms with van der Waals surface area (Å²) < 4.78 is 5.20. The molecule has 1 heterocycles. The molecule has 26 heavy (non-hydrogen) atoms. The summed E-state index contributed by atoms with van der Waals surface area (Å²) in [4.78, 5) is 38.9. The first-order chi connectivity index (χ1) is 12.5. The number of anilines is 2. The van der Waals surface area contributed by atoms with Gasteiger partial charge in [0.2, 0.25) is 5.91 Å². The standard InChI is InChI=1S/C19H18N2O4S/c1-13(19(24)20-14-7-3-2-4-8-14)25-18(23)11-21-15-9-5-6-10-16(15)26-12-17(21)22/h2-10,13H,11-12H2,1H3,(H,20,24)/t13-/m0/s1. The maximum Gasteiger partial charge on any atom is 0.326 e. The van der Waals surface area contributed by atoms with Gasteiger partial charge in [0.05, 0.1) is 11.4 Å². The zero-order chi connectivity index (χ0) is 18.5. The number of carbonyl (C=O) groups is 3. The third-order valence-electron chi connectivity index (χ3n) is 3.81. The summed E-state index contributed by atoms with van der Waals surface area (Å²) in [5, 5.41) is 2.68. The first-order valence-corrected chi connectivity index (χ1v) is 9.11. The number of thioether (sulfide) groups is 1. The van der Waals surface area contributed by atoms with E-state index < -0.39 is 18.0 Å². The largest absolute Gasteiger partial charge is 0.451 e. The van der Waals surface area contributed by atoms with Crippen LogP contribution in [0.4, 0.5) is 11.4 Å². The van der Waals surface area contributed by atoms with Gasteiger partial charge in [-0.05, 0) is 31.2 Å². The first kappa shape index (κ1) is 18.0. The summed E-state index contributed by atoms with van der Waals surface area (Å²) in [7, 11) is 0. The Morgan fingerprint density at radius 3 is 2.62 bits per heavy atom. The number of carbonyl (C=O) groups excluding carboxylic acids is 3. The highest BCUT2D eigenvalue weighted by Crippen LogP contribution is 2.34. The van der Waals surface area contributed by atoms with Crippen LogP contribution in [0.2, 0.25) is 0 Å². The van der Waals surface area contributed by atoms with Crippen LogP contribution in [0.3, 0.4) is 0 Å². The van der Waals surface area contributed by atoms with Crippen LogP contribution < -0.4 is 10.2 Å². The number of esters is 1. The molecule has 134 valence electrons. The lowest BCUT2D eigenvalue weighted by Crippen LogP contribution is -2.41. The predicted molar refractivity (Wildman–Crippen MR) is 100 cm³/mol. The minimum atomic E-state index is -0.966. The van der Waals surface area contributed by atoms with Gasteiger partial charge in [-0.1, -0.05) is 30.3 Å². The van der Waals surface area contributed by atoms with E-state index in [-0.39, 0.29) is 18.2 Å². The summed E-state index contributed by atoms with van der Waals surface area (Å²) in [5.74, 6) is -0.942. The van der Waals surface area contributed by atoms with Gasteiger partial charge in [0.25, 0.3) is 5.91 Å². The number of amides is 2. The van der Waals surface area contributed by atoms with E-state index in [4.69, 9.17) is 4.74 Å². The Labute approximate surface area is 155 Å². The number of ether oxygens (including phenoxy) is 1. The summed E-state index contributed by atoms with van der Waals surface area (Å²) in [6.45, 7) is 1.28. The van der Waals surface area contributed by atoms with Crippen molar-refractivity contribution in [2.75, 3.05) is 22.5 Å². The summed E-state index contributed by atoms with van der Waals surface area (Å²) in [6.07, 6.45) is -0.966. The van der Waals surface area contributed by atoms with E-state index in [0.717, 1.165) is 4.90 Å². The zero-order valence-electron chi connectivity index (χ0n) is 14.2. The fraction of sp³-hybridized carbons (Fsp3) is 0.211. The van der Waals surface area contributed by atoms with Gasteiger partial charge < -0.3 is 10.1 Å². The highest BCUT2D eigenvalue weighted by atomic mass is 32.2. The van der Waals surface area contributed by atoms with Crippen LogP contribution in [0, 0.1) is 0 Å². The van der Waals surface area contributed by atoms with Crippen molar-refractivity contribution >= 4 is 40.9 Å². The van der Waals surface area contributed by atoms with E-state index in [0.29, 0.717) is 11.4 Å². The second-order valence-electron chi connectivity index (χ2n) is 5.72. The Morgan fingerprint density at radius 1 is 1.15 bits per heavy atom. The topological polar surface area (TPSA) is 75.7 Å². The molecule has 6 nitrogen and oxygen atoms in total. The molecule has 0 aromatic heterocycles. The van der Waals surface area contributed by atoms with Crippen molar-refractivity contribution in [3.05, 3.63) is 54.6 Å². The van der Waals surface area contributed by atoms with Crippen LogP contribution in [-0.2, 0) is 19.1 Å². The molecular weight excluding hydrogens is 352 g/mol. The Bertz CT molecular complexity index is 825. The van der Waals surface area contributed by atoms with E-state index in [1.807, 2.05) is 24.3 Å². The molecule has 0 aliphatic carbocycles. The average molecular weight is 370 g/mol. The highest BCUT2D eigenvalue weighted by molar-refractivity contribution is 8.00. The minimum absolute atomic E-state index is 0.160. The molecule has 0 saturated carbocycles. The predicted octanol–water partition coefficient (Wildman–Crippen LogP) is 2.70. The van der Waals surface area contributed by atoms with Gasteiger partial charge in [-0.15, -0.1) is 11.8 Å². The van der Waals surface area contributed by atoms with Crippen LogP contribution in [-0.4, -0.2) is 36.2 Å². The number of nitrogens with zero attached hydrogens (tertiary/aromatic N) is 1. The molecule has 0 fully saturated rings. The SMILES string of the molecule is C[C@H](OC(=O)CN1C(=O)CSc2ccccc21)C(=O)Nc1ccccc1. The smallest absolute Gasteiger partial charge is 0.326 e. The molecule has 3 rings (SSSR count). The van der Waals surface area contributed by atoms with Crippen LogP contribution in [0.15, 0.2) is 59.5 Å². The molecule has 2 aromatic carbocycles. The number of benzene rings is 2. The van der Waals surface area contributed by atoms with Crippen LogP contribution in [0.5, 0.6) is 0 Å². The molecule has 0 radical (unpaired) electrons. The minimum Gasteiger partial charge on any atom is -0.451 e. The van der Waals surface area contributed by atoms with Crippen LogP contribution >= 0.6 is 11.8 Å². The lowest BCUT2D eigenvalue weighted by molar-refractivity contribution is -0.152. The number of fused-ring (bicyclic) bond motifs is 1. The Morgan fingerprint density at radius 2 is 1.85 bits per heavy atom. The lowest BCUT2D eigenvalue weighted by Gasteiger charge is -2.28. The van der Waals surface area contributed by atoms with Crippen LogP contribution in [0.25, 0.3) is 0 Å². The van der Waals surface area contributed by atoms with Crippen molar-refractivity contribution in [3.8, 4) is 0 Å². The maximum atomic E-state index is 12.2. The number of hydrogen-bond acceptors (Lipinski definition) is 5. The Kier molecular flexibility index (Phi) is 5.58. The molecule has 1 atom stereocenters. The maximum absolute atomic E-state index is 12.2. The van der Waals surface area contributed by atoms with Crippen LogP contribution in [0.1, 0.15) is 6.92 Å². The number of para-hydroxylation sites is 2. The lowest BCUT2D eigenvalue weighted by atomic mass is 10.2. The molecule has 0 unspecified atom stereocenters. The van der Waals surface area contributed by atoms with E-state index in [2.05, 4.69) is 5.32 Å². The Balaban J connectivity index is 1.60. The average Bonchev–Trinajstić information content (AvgIpc) is 2.65. The molecule has 1 aliphatic heterocycles. The Hall–Kier alpha value is -2.80. The fourth-order valence-corrected chi connectivity index (χ4v) is 3.45. The van der Waals surface area contributed by atoms with Gasteiger partial charge in [-0.3, -0.25) is 19.3 Å². The van der Waals surface area contributed by atoms with E-state index in [1.165, 1.54) is 23.6 Å². The molecule has 0 spiro atoms. The molecular formula is C19H18N2O4S. The molecule has 1 aliphatic rings. The quantitative estimate of drug-likeness (QED) is 0.819. The van der Waals surface area contributed by atoms with Crippen molar-refractivity contribution in [1.82, 2.24) is 0 Å². The molecule has 2 aromatic rings. The van der Waals surface area contributed by atoms with Crippen molar-refractivity contribution in [2.24, 2.45) is 0 Å². The second kappa shape index (κ2) is 8.05. The van der Waals surface area contributed by atoms with Gasteiger partial charge in [0.1, 0.15) is 6.54 Å². The monoisotopic (exact) mass is 370 g/mol. The summed E-state index contributed by atoms with van der Waals surface area (Å²) >= 11 is 1.44. The van der Waals surface area contributed by atoms with E-state index >= 15 is 0 Å². The summed E-state index contributed by atoms with van der Waals surface area (Å²) in [6, 6.07) is 16.3. The second-order valence-corrected chi connectivity index (χ2v) is 6.74. The first-order valence-electron chi connectivity index (χ1n) is 8.12. The molecule has 1 N–H and O–H groups in total. The normalized spacial score (nSPS) is 14.3. The highest BCUT2D eigenvalue weighted by Gasteiger charge is 2.28. The molecule has 0 saturated heterocycles. The number of hydrogen-bond donors (Lipinski definition) is 1. The van der Waals surface area contributed by atoms with Crippen molar-refractivity contribution < 1.29 is 19.1 Å². The van der Waals surface area contributed by atoms with Crippen molar-refractivity contribution in [2.45, 2.75) is 17.9 Å². The van der Waals surface area contributed by atoms with Gasteiger partial charge in [-0.25, -0.2) is 0 Å². The van der Waals surface area contributed by atoms with Crippen molar-refractivity contribution in [1.29, 1.82) is 0 Å². The fourth-order valence-electron chi connectivity index (χ4n) is 2.51. The zero-order valence-corrected chi connectivity index (χ0v) is 15.0. The number of nitrogens with one attached hydrogen (secondary N) is 1. The summed E-state index contributed by atoms with van der Waals surface area (Å²) in [5.41, 5.74) is 1.31. The van der Waals surface area contributed by atoms with Gasteiger partial charge in [-0.2, -0.15) is 0 Å². The molecule has 0 bridgehead atoms. The van der Waals surface area contributed by atoms with E-state index in [1.54, 1.807) is 30.3 Å². The van der Waals surface area contributed by atoms with E-state index in [9.17, 15) is 14.4 Å². The molecule has 2 amide bonds. The third kappa shape index (κ3) is 4.23.